The zero-order valence-electron chi connectivity index (χ0n) is 17.1. The third kappa shape index (κ3) is 5.74. The minimum absolute atomic E-state index is 0.0648. The number of anilines is 1. The SMILES string of the molecule is Cc1ccccc1CC(CCc1ccc(N)c(Cl)c1)C1CCN(C(=O)CCO)C1. The highest BCUT2D eigenvalue weighted by molar-refractivity contribution is 6.33. The molecule has 4 nitrogen and oxygen atoms in total. The van der Waals surface area contributed by atoms with Gasteiger partial charge in [0.25, 0.3) is 0 Å². The van der Waals surface area contributed by atoms with Crippen molar-refractivity contribution in [2.24, 2.45) is 11.8 Å². The molecule has 2 aromatic carbocycles. The fraction of sp³-hybridized carbons (Fsp3) is 0.458. The number of aliphatic hydroxyl groups excluding tert-OH is 1. The molecule has 0 bridgehead atoms. The number of halogens is 1. The summed E-state index contributed by atoms with van der Waals surface area (Å²) in [5.41, 5.74) is 10.4. The lowest BCUT2D eigenvalue weighted by atomic mass is 9.81. The van der Waals surface area contributed by atoms with Gasteiger partial charge in [-0.05, 0) is 73.3 Å². The third-order valence-corrected chi connectivity index (χ3v) is 6.51. The average Bonchev–Trinajstić information content (AvgIpc) is 3.19. The number of rotatable bonds is 8. The number of nitrogen functional groups attached to an aromatic ring is 1. The van der Waals surface area contributed by atoms with E-state index in [4.69, 9.17) is 22.4 Å². The second-order valence-electron chi connectivity index (χ2n) is 8.15. The molecule has 0 spiro atoms. The lowest BCUT2D eigenvalue weighted by molar-refractivity contribution is -0.131. The Bertz CT molecular complexity index is 839. The van der Waals surface area contributed by atoms with Gasteiger partial charge >= 0.3 is 0 Å². The standard InChI is InChI=1S/C24H31ClN2O2/c1-17-4-2-3-5-19(17)15-20(8-6-18-7-9-23(26)22(25)14-18)21-10-12-27(16-21)24(29)11-13-28/h2-5,7,9,14,20-21,28H,6,8,10-13,15-16,26H2,1H3. The number of nitrogens with two attached hydrogens (primary N) is 1. The maximum absolute atomic E-state index is 12.2. The average molecular weight is 415 g/mol. The second kappa shape index (κ2) is 10.1. The lowest BCUT2D eigenvalue weighted by Gasteiger charge is -2.25. The lowest BCUT2D eigenvalue weighted by Crippen LogP contribution is -2.30. The first-order valence-electron chi connectivity index (χ1n) is 10.4. The van der Waals surface area contributed by atoms with Crippen molar-refractivity contribution < 1.29 is 9.90 Å². The summed E-state index contributed by atoms with van der Waals surface area (Å²) < 4.78 is 0. The molecule has 2 atom stereocenters. The quantitative estimate of drug-likeness (QED) is 0.634. The van der Waals surface area contributed by atoms with Crippen LogP contribution < -0.4 is 5.73 Å². The Hall–Kier alpha value is -2.04. The highest BCUT2D eigenvalue weighted by Crippen LogP contribution is 2.32. The van der Waals surface area contributed by atoms with Crippen LogP contribution in [0.15, 0.2) is 42.5 Å². The molecule has 2 aromatic rings. The smallest absolute Gasteiger partial charge is 0.224 e. The van der Waals surface area contributed by atoms with Gasteiger partial charge < -0.3 is 15.7 Å². The van der Waals surface area contributed by atoms with E-state index in [1.165, 1.54) is 16.7 Å². The Morgan fingerprint density at radius 3 is 2.83 bits per heavy atom. The van der Waals surface area contributed by atoms with Gasteiger partial charge in [-0.3, -0.25) is 4.79 Å². The van der Waals surface area contributed by atoms with Crippen LogP contribution in [0.3, 0.4) is 0 Å². The van der Waals surface area contributed by atoms with Gasteiger partial charge in [-0.2, -0.15) is 0 Å². The fourth-order valence-electron chi connectivity index (χ4n) is 4.36. The normalized spacial score (nSPS) is 17.5. The summed E-state index contributed by atoms with van der Waals surface area (Å²) in [6, 6.07) is 14.5. The molecule has 0 radical (unpaired) electrons. The van der Waals surface area contributed by atoms with Crippen LogP contribution in [0.25, 0.3) is 0 Å². The van der Waals surface area contributed by atoms with E-state index >= 15 is 0 Å². The van der Waals surface area contributed by atoms with Gasteiger partial charge in [0.15, 0.2) is 0 Å². The molecule has 1 aliphatic rings. The molecule has 1 saturated heterocycles. The van der Waals surface area contributed by atoms with Gasteiger partial charge in [-0.25, -0.2) is 0 Å². The van der Waals surface area contributed by atoms with Crippen LogP contribution in [0, 0.1) is 18.8 Å². The summed E-state index contributed by atoms with van der Waals surface area (Å²) in [7, 11) is 0. The van der Waals surface area contributed by atoms with Gasteiger partial charge in [0.2, 0.25) is 5.91 Å². The number of amides is 1. The van der Waals surface area contributed by atoms with Gasteiger partial charge in [0.1, 0.15) is 0 Å². The summed E-state index contributed by atoms with van der Waals surface area (Å²) in [6.07, 6.45) is 4.25. The van der Waals surface area contributed by atoms with Crippen molar-refractivity contribution in [3.63, 3.8) is 0 Å². The molecule has 5 heteroatoms. The summed E-state index contributed by atoms with van der Waals surface area (Å²) in [5.74, 6) is 1.02. The molecule has 0 aromatic heterocycles. The molecule has 29 heavy (non-hydrogen) atoms. The number of carbonyl (C=O) groups is 1. The van der Waals surface area contributed by atoms with Crippen LogP contribution in [0.5, 0.6) is 0 Å². The Labute approximate surface area is 178 Å². The van der Waals surface area contributed by atoms with Crippen LogP contribution in [-0.2, 0) is 17.6 Å². The second-order valence-corrected chi connectivity index (χ2v) is 8.55. The monoisotopic (exact) mass is 414 g/mol. The largest absolute Gasteiger partial charge is 0.398 e. The van der Waals surface area contributed by atoms with E-state index in [2.05, 4.69) is 37.3 Å². The molecule has 1 fully saturated rings. The molecule has 3 N–H and O–H groups in total. The minimum atomic E-state index is -0.0788. The van der Waals surface area contributed by atoms with E-state index < -0.39 is 0 Å². The van der Waals surface area contributed by atoms with Gasteiger partial charge in [-0.1, -0.05) is 41.9 Å². The first-order chi connectivity index (χ1) is 14.0. The molecular formula is C24H31ClN2O2. The Kier molecular flexibility index (Phi) is 7.57. The zero-order valence-corrected chi connectivity index (χ0v) is 17.9. The highest BCUT2D eigenvalue weighted by atomic mass is 35.5. The van der Waals surface area contributed by atoms with Crippen molar-refractivity contribution >= 4 is 23.2 Å². The van der Waals surface area contributed by atoms with E-state index in [0.717, 1.165) is 38.8 Å². The van der Waals surface area contributed by atoms with Crippen molar-refractivity contribution in [1.29, 1.82) is 0 Å². The highest BCUT2D eigenvalue weighted by Gasteiger charge is 2.31. The number of carbonyl (C=O) groups excluding carboxylic acids is 1. The first-order valence-corrected chi connectivity index (χ1v) is 10.8. The zero-order chi connectivity index (χ0) is 20.8. The molecule has 156 valence electrons. The van der Waals surface area contributed by atoms with Crippen LogP contribution in [0.4, 0.5) is 5.69 Å². The number of hydrogen-bond acceptors (Lipinski definition) is 3. The van der Waals surface area contributed by atoms with Gasteiger partial charge in [0, 0.05) is 19.5 Å². The van der Waals surface area contributed by atoms with Crippen molar-refractivity contribution in [2.75, 3.05) is 25.4 Å². The molecule has 2 unspecified atom stereocenters. The van der Waals surface area contributed by atoms with Crippen LogP contribution in [0.1, 0.15) is 36.0 Å². The van der Waals surface area contributed by atoms with E-state index in [0.29, 0.717) is 22.5 Å². The number of nitrogens with zero attached hydrogens (tertiary/aromatic N) is 1. The van der Waals surface area contributed by atoms with Crippen molar-refractivity contribution in [2.45, 2.75) is 39.0 Å². The van der Waals surface area contributed by atoms with E-state index in [1.54, 1.807) is 0 Å². The number of benzene rings is 2. The van der Waals surface area contributed by atoms with E-state index in [1.807, 2.05) is 17.0 Å². The van der Waals surface area contributed by atoms with Crippen molar-refractivity contribution in [1.82, 2.24) is 4.90 Å². The first kappa shape index (κ1) is 21.7. The number of likely N-dealkylation sites (tertiary alicyclic amines) is 1. The predicted molar refractivity (Wildman–Crippen MR) is 119 cm³/mol. The number of aliphatic hydroxyl groups is 1. The Morgan fingerprint density at radius 1 is 1.31 bits per heavy atom. The summed E-state index contributed by atoms with van der Waals surface area (Å²) >= 11 is 6.20. The van der Waals surface area contributed by atoms with Crippen molar-refractivity contribution in [3.05, 3.63) is 64.2 Å². The van der Waals surface area contributed by atoms with Crippen LogP contribution in [-0.4, -0.2) is 35.6 Å². The summed E-state index contributed by atoms with van der Waals surface area (Å²) in [6.45, 7) is 3.67. The van der Waals surface area contributed by atoms with Crippen LogP contribution in [0.2, 0.25) is 5.02 Å². The van der Waals surface area contributed by atoms with Gasteiger partial charge in [-0.15, -0.1) is 0 Å². The summed E-state index contributed by atoms with van der Waals surface area (Å²) in [5, 5.41) is 9.69. The molecular weight excluding hydrogens is 384 g/mol. The molecule has 1 amide bonds. The van der Waals surface area contributed by atoms with Gasteiger partial charge in [0.05, 0.1) is 17.3 Å². The molecule has 0 aliphatic carbocycles. The topological polar surface area (TPSA) is 66.6 Å². The maximum Gasteiger partial charge on any atom is 0.224 e. The van der Waals surface area contributed by atoms with E-state index in [-0.39, 0.29) is 18.9 Å². The number of aryl methyl sites for hydroxylation is 2. The van der Waals surface area contributed by atoms with Crippen LogP contribution >= 0.6 is 11.6 Å². The fourth-order valence-corrected chi connectivity index (χ4v) is 4.56. The molecule has 0 saturated carbocycles. The predicted octanol–water partition coefficient (Wildman–Crippen LogP) is 4.25. The Morgan fingerprint density at radius 2 is 2.10 bits per heavy atom. The third-order valence-electron chi connectivity index (χ3n) is 6.18. The van der Waals surface area contributed by atoms with Crippen molar-refractivity contribution in [3.8, 4) is 0 Å². The number of hydrogen-bond donors (Lipinski definition) is 2. The minimum Gasteiger partial charge on any atom is -0.398 e. The Balaban J connectivity index is 1.72. The van der Waals surface area contributed by atoms with E-state index in [9.17, 15) is 4.79 Å². The molecule has 1 aliphatic heterocycles. The molecule has 3 rings (SSSR count). The molecule has 1 heterocycles. The maximum atomic E-state index is 12.2. The summed E-state index contributed by atoms with van der Waals surface area (Å²) in [4.78, 5) is 14.1.